The molecule has 4 rings (SSSR count). The Bertz CT molecular complexity index is 1260. The summed E-state index contributed by atoms with van der Waals surface area (Å²) in [7, 11) is 0. The number of hydrogen-bond acceptors (Lipinski definition) is 5. The minimum atomic E-state index is -0.640. The van der Waals surface area contributed by atoms with Gasteiger partial charge in [-0.3, -0.25) is 15.0 Å². The van der Waals surface area contributed by atoms with Crippen LogP contribution in [0.3, 0.4) is 0 Å². The first-order chi connectivity index (χ1) is 15.5. The smallest absolute Gasteiger partial charge is 0.415 e. The van der Waals surface area contributed by atoms with E-state index in [9.17, 15) is 20.0 Å². The number of fused-ring (bicyclic) bond motifs is 1. The standard InChI is InChI=1S/C25H20N2O5/c28-23-15-12-20-8-4-5-9-22(20)24(23)26(16-18-10-13-21(14-11-18)27(30)31)25(29)32-17-19-6-2-1-3-7-19/h1-15,28H,16-17H2. The maximum atomic E-state index is 13.2. The van der Waals surface area contributed by atoms with Gasteiger partial charge >= 0.3 is 6.09 Å². The maximum absolute atomic E-state index is 13.2. The fraction of sp³-hybridized carbons (Fsp3) is 0.0800. The van der Waals surface area contributed by atoms with Gasteiger partial charge in [0.1, 0.15) is 12.4 Å². The largest absolute Gasteiger partial charge is 0.506 e. The van der Waals surface area contributed by atoms with Crippen molar-refractivity contribution in [2.45, 2.75) is 13.2 Å². The SMILES string of the molecule is O=C(OCc1ccccc1)N(Cc1ccc([N+](=O)[O-])cc1)c1c(O)ccc2ccccc12. The summed E-state index contributed by atoms with van der Waals surface area (Å²) in [6.07, 6.45) is -0.640. The van der Waals surface area contributed by atoms with Crippen molar-refractivity contribution in [3.8, 4) is 5.75 Å². The Hall–Kier alpha value is -4.39. The van der Waals surface area contributed by atoms with Crippen molar-refractivity contribution in [3.05, 3.63) is 112 Å². The average Bonchev–Trinajstić information content (AvgIpc) is 2.82. The molecule has 32 heavy (non-hydrogen) atoms. The van der Waals surface area contributed by atoms with Crippen molar-refractivity contribution in [3.63, 3.8) is 0 Å². The van der Waals surface area contributed by atoms with Crippen molar-refractivity contribution in [1.82, 2.24) is 0 Å². The number of rotatable bonds is 6. The van der Waals surface area contributed by atoms with Gasteiger partial charge in [-0.1, -0.05) is 72.8 Å². The number of amides is 1. The monoisotopic (exact) mass is 428 g/mol. The van der Waals surface area contributed by atoms with Crippen LogP contribution in [0.2, 0.25) is 0 Å². The van der Waals surface area contributed by atoms with Crippen molar-refractivity contribution >= 4 is 28.2 Å². The van der Waals surface area contributed by atoms with Crippen LogP contribution in [-0.2, 0) is 17.9 Å². The number of nitro benzene ring substituents is 1. The third kappa shape index (κ3) is 4.52. The summed E-state index contributed by atoms with van der Waals surface area (Å²) >= 11 is 0. The number of nitrogens with zero attached hydrogens (tertiary/aromatic N) is 2. The van der Waals surface area contributed by atoms with Crippen LogP contribution < -0.4 is 4.90 Å². The molecular weight excluding hydrogens is 408 g/mol. The lowest BCUT2D eigenvalue weighted by molar-refractivity contribution is -0.384. The van der Waals surface area contributed by atoms with E-state index in [2.05, 4.69) is 0 Å². The molecule has 7 nitrogen and oxygen atoms in total. The number of carbonyl (C=O) groups excluding carboxylic acids is 1. The number of phenolic OH excluding ortho intramolecular Hbond substituents is 1. The van der Waals surface area contributed by atoms with E-state index in [-0.39, 0.29) is 24.6 Å². The highest BCUT2D eigenvalue weighted by atomic mass is 16.6. The Morgan fingerprint density at radius 1 is 0.875 bits per heavy atom. The van der Waals surface area contributed by atoms with Gasteiger partial charge in [0.05, 0.1) is 17.2 Å². The second-order valence-electron chi connectivity index (χ2n) is 7.20. The highest BCUT2D eigenvalue weighted by molar-refractivity contribution is 6.04. The molecule has 4 aromatic rings. The molecule has 0 bridgehead atoms. The molecule has 0 saturated heterocycles. The van der Waals surface area contributed by atoms with E-state index < -0.39 is 11.0 Å². The maximum Gasteiger partial charge on any atom is 0.415 e. The number of ether oxygens (including phenoxy) is 1. The van der Waals surface area contributed by atoms with E-state index in [0.717, 1.165) is 10.9 Å². The molecule has 0 aromatic heterocycles. The van der Waals surface area contributed by atoms with E-state index >= 15 is 0 Å². The first kappa shape index (κ1) is 20.9. The molecule has 4 aromatic carbocycles. The van der Waals surface area contributed by atoms with E-state index in [0.29, 0.717) is 16.6 Å². The van der Waals surface area contributed by atoms with Gasteiger partial charge in [-0.15, -0.1) is 0 Å². The van der Waals surface area contributed by atoms with E-state index in [1.54, 1.807) is 18.2 Å². The molecule has 0 radical (unpaired) electrons. The number of aromatic hydroxyl groups is 1. The molecule has 7 heteroatoms. The van der Waals surface area contributed by atoms with E-state index in [4.69, 9.17) is 4.74 Å². The van der Waals surface area contributed by atoms with Crippen molar-refractivity contribution < 1.29 is 19.6 Å². The number of benzene rings is 4. The molecule has 0 saturated carbocycles. The lowest BCUT2D eigenvalue weighted by Gasteiger charge is -2.25. The molecule has 0 atom stereocenters. The molecule has 0 aliphatic heterocycles. The van der Waals surface area contributed by atoms with E-state index in [1.807, 2.05) is 54.6 Å². The molecule has 0 spiro atoms. The number of hydrogen-bond donors (Lipinski definition) is 1. The summed E-state index contributed by atoms with van der Waals surface area (Å²) in [5, 5.41) is 23.2. The fourth-order valence-electron chi connectivity index (χ4n) is 3.47. The second-order valence-corrected chi connectivity index (χ2v) is 7.20. The summed E-state index contributed by atoms with van der Waals surface area (Å²) in [5.41, 5.74) is 1.76. The zero-order valence-electron chi connectivity index (χ0n) is 17.0. The van der Waals surface area contributed by atoms with Gasteiger partial charge in [0, 0.05) is 17.5 Å². The third-order valence-corrected chi connectivity index (χ3v) is 5.06. The van der Waals surface area contributed by atoms with Crippen LogP contribution in [0.25, 0.3) is 10.8 Å². The molecule has 0 fully saturated rings. The number of carbonyl (C=O) groups is 1. The Kier molecular flexibility index (Phi) is 5.98. The number of nitro groups is 1. The predicted molar refractivity (Wildman–Crippen MR) is 122 cm³/mol. The zero-order chi connectivity index (χ0) is 22.5. The van der Waals surface area contributed by atoms with Gasteiger partial charge < -0.3 is 9.84 Å². The minimum Gasteiger partial charge on any atom is -0.506 e. The highest BCUT2D eigenvalue weighted by Gasteiger charge is 2.23. The topological polar surface area (TPSA) is 92.9 Å². The van der Waals surface area contributed by atoms with Crippen LogP contribution in [0.1, 0.15) is 11.1 Å². The third-order valence-electron chi connectivity index (χ3n) is 5.06. The zero-order valence-corrected chi connectivity index (χ0v) is 17.0. The second kappa shape index (κ2) is 9.18. The summed E-state index contributed by atoms with van der Waals surface area (Å²) in [5.74, 6) is -0.0673. The molecule has 0 aliphatic carbocycles. The van der Waals surface area contributed by atoms with Crippen LogP contribution in [-0.4, -0.2) is 16.1 Å². The van der Waals surface area contributed by atoms with Crippen LogP contribution in [0, 0.1) is 10.1 Å². The first-order valence-corrected chi connectivity index (χ1v) is 9.95. The van der Waals surface area contributed by atoms with Crippen LogP contribution in [0.5, 0.6) is 5.75 Å². The Balaban J connectivity index is 1.70. The normalized spacial score (nSPS) is 10.6. The van der Waals surface area contributed by atoms with Crippen LogP contribution in [0.4, 0.5) is 16.2 Å². The Morgan fingerprint density at radius 2 is 1.56 bits per heavy atom. The van der Waals surface area contributed by atoms with Gasteiger partial charge in [-0.25, -0.2) is 4.79 Å². The van der Waals surface area contributed by atoms with Gasteiger partial charge in [0.2, 0.25) is 0 Å². The summed E-state index contributed by atoms with van der Waals surface area (Å²) < 4.78 is 5.55. The van der Waals surface area contributed by atoms with E-state index in [1.165, 1.54) is 23.1 Å². The molecular formula is C25H20N2O5. The Labute approximate surface area is 184 Å². The molecule has 160 valence electrons. The fourth-order valence-corrected chi connectivity index (χ4v) is 3.47. The van der Waals surface area contributed by atoms with Crippen molar-refractivity contribution in [1.29, 1.82) is 0 Å². The molecule has 0 unspecified atom stereocenters. The van der Waals surface area contributed by atoms with Gasteiger partial charge in [0.25, 0.3) is 5.69 Å². The molecule has 0 aliphatic rings. The first-order valence-electron chi connectivity index (χ1n) is 9.95. The number of anilines is 1. The lowest BCUT2D eigenvalue weighted by Crippen LogP contribution is -2.31. The van der Waals surface area contributed by atoms with Gasteiger partial charge in [-0.05, 0) is 22.6 Å². The molecule has 1 amide bonds. The van der Waals surface area contributed by atoms with Crippen LogP contribution >= 0.6 is 0 Å². The quantitative estimate of drug-likeness (QED) is 0.310. The summed E-state index contributed by atoms with van der Waals surface area (Å²) in [4.78, 5) is 25.0. The van der Waals surface area contributed by atoms with Gasteiger partial charge in [-0.2, -0.15) is 0 Å². The highest BCUT2D eigenvalue weighted by Crippen LogP contribution is 2.37. The summed E-state index contributed by atoms with van der Waals surface area (Å²) in [6.45, 7) is 0.134. The minimum absolute atomic E-state index is 0.0417. The molecule has 0 heterocycles. The lowest BCUT2D eigenvalue weighted by atomic mass is 10.1. The Morgan fingerprint density at radius 3 is 2.28 bits per heavy atom. The summed E-state index contributed by atoms with van der Waals surface area (Å²) in [6, 6.07) is 25.9. The van der Waals surface area contributed by atoms with Crippen LogP contribution in [0.15, 0.2) is 91.0 Å². The average molecular weight is 428 g/mol. The van der Waals surface area contributed by atoms with Crippen molar-refractivity contribution in [2.75, 3.05) is 4.90 Å². The van der Waals surface area contributed by atoms with Gasteiger partial charge in [0.15, 0.2) is 0 Å². The predicted octanol–water partition coefficient (Wildman–Crippen LogP) is 5.80. The van der Waals surface area contributed by atoms with Crippen molar-refractivity contribution in [2.24, 2.45) is 0 Å². The number of phenols is 1. The number of non-ortho nitro benzene ring substituents is 1. The molecule has 1 N–H and O–H groups in total.